The van der Waals surface area contributed by atoms with Crippen molar-refractivity contribution in [1.82, 2.24) is 0 Å². The molecule has 6 nitrogen and oxygen atoms in total. The fraction of sp³-hybridized carbons (Fsp3) is 0.680. The molecule has 0 aliphatic heterocycles. The summed E-state index contributed by atoms with van der Waals surface area (Å²) in [5.41, 5.74) is 5.25. The van der Waals surface area contributed by atoms with Gasteiger partial charge in [-0.05, 0) is 0 Å². The Morgan fingerprint density at radius 2 is 0.688 bits per heavy atom. The minimum absolute atomic E-state index is 0. The molecule has 0 radical (unpaired) electrons. The monoisotopic (exact) mass is 528 g/mol. The molecule has 0 fully saturated rings. The third-order valence-electron chi connectivity index (χ3n) is 4.65. The van der Waals surface area contributed by atoms with Gasteiger partial charge in [-0.15, -0.1) is 0 Å². The topological polar surface area (TPSA) is 120 Å². The number of carboxylic acids is 3. The second-order valence-corrected chi connectivity index (χ2v) is 10.7. The first-order valence-electron chi connectivity index (χ1n) is 10.2. The maximum atomic E-state index is 9.91. The predicted molar refractivity (Wildman–Crippen MR) is 119 cm³/mol. The van der Waals surface area contributed by atoms with Crippen molar-refractivity contribution in [3.8, 4) is 0 Å². The molecule has 1 aromatic rings. The molecule has 0 atom stereocenters. The van der Waals surface area contributed by atoms with E-state index in [1.54, 1.807) is 62.3 Å². The Morgan fingerprint density at radius 1 is 0.562 bits per heavy atom. The van der Waals surface area contributed by atoms with Crippen LogP contribution in [-0.4, -0.2) is 17.9 Å². The minimum Gasteiger partial charge on any atom is -0.550 e. The summed E-state index contributed by atoms with van der Waals surface area (Å²) in [5, 5.41) is 29.7. The number of carboxylic acid groups (broad SMARTS) is 3. The summed E-state index contributed by atoms with van der Waals surface area (Å²) in [7, 11) is 0. The molecule has 0 aliphatic rings. The average molecular weight is 530 g/mol. The van der Waals surface area contributed by atoms with Crippen molar-refractivity contribution in [3.63, 3.8) is 0 Å². The van der Waals surface area contributed by atoms with Crippen LogP contribution in [0.5, 0.6) is 0 Å². The van der Waals surface area contributed by atoms with Crippen LogP contribution in [0.3, 0.4) is 0 Å². The molecule has 0 bridgehead atoms. The van der Waals surface area contributed by atoms with E-state index in [4.69, 9.17) is 0 Å². The second kappa shape index (κ2) is 14.7. The van der Waals surface area contributed by atoms with Gasteiger partial charge in [-0.3, -0.25) is 0 Å². The number of carbonyl (C=O) groups excluding carboxylic acids is 3. The minimum atomic E-state index is -1.01. The fourth-order valence-corrected chi connectivity index (χ4v) is 1.41. The molecule has 1 aromatic carbocycles. The number of rotatable bonds is 0. The smallest absolute Gasteiger partial charge is 0.550 e. The Labute approximate surface area is 214 Å². The van der Waals surface area contributed by atoms with Gasteiger partial charge in [-0.1, -0.05) is 96.9 Å². The van der Waals surface area contributed by atoms with E-state index in [0.29, 0.717) is 0 Å². The number of hydrogen-bond donors (Lipinski definition) is 0. The zero-order valence-electron chi connectivity index (χ0n) is 22.4. The van der Waals surface area contributed by atoms with Gasteiger partial charge in [0, 0.05) is 34.2 Å². The molecule has 0 N–H and O–H groups in total. The first-order chi connectivity index (χ1) is 13.4. The molecule has 1 rings (SSSR count). The summed E-state index contributed by atoms with van der Waals surface area (Å²) in [6.45, 7) is 25.4. The Balaban J connectivity index is -0.000000164. The van der Waals surface area contributed by atoms with Crippen molar-refractivity contribution >= 4 is 17.9 Å². The van der Waals surface area contributed by atoms with Crippen molar-refractivity contribution in [1.29, 1.82) is 0 Å². The summed E-state index contributed by atoms with van der Waals surface area (Å²) < 4.78 is 0. The SMILES string of the molecule is CC(C)(C)C(=O)[O-].CC(C)(C)C(=O)[O-].CC(C)(C)C(=O)[O-].Cc1c(C)c(C)[c-](C)c1C.[Zr+4]. The molecule has 182 valence electrons. The summed E-state index contributed by atoms with van der Waals surface area (Å²) in [5.74, 6) is -3.02. The van der Waals surface area contributed by atoms with Crippen LogP contribution in [-0.2, 0) is 40.6 Å². The van der Waals surface area contributed by atoms with Crippen molar-refractivity contribution in [3.05, 3.63) is 27.8 Å². The summed E-state index contributed by atoms with van der Waals surface area (Å²) in [6.07, 6.45) is 0. The summed E-state index contributed by atoms with van der Waals surface area (Å²) in [6, 6.07) is 0. The normalized spacial score (nSPS) is 10.7. The zero-order chi connectivity index (χ0) is 26.1. The van der Waals surface area contributed by atoms with Crippen molar-refractivity contribution < 1.29 is 55.9 Å². The van der Waals surface area contributed by atoms with E-state index in [0.717, 1.165) is 0 Å². The van der Waals surface area contributed by atoms with Gasteiger partial charge in [0.1, 0.15) is 0 Å². The van der Waals surface area contributed by atoms with Gasteiger partial charge in [0.25, 0.3) is 0 Å². The van der Waals surface area contributed by atoms with Gasteiger partial charge in [0.2, 0.25) is 0 Å². The second-order valence-electron chi connectivity index (χ2n) is 10.7. The largest absolute Gasteiger partial charge is 4.00 e. The van der Waals surface area contributed by atoms with Crippen LogP contribution in [0.4, 0.5) is 0 Å². The van der Waals surface area contributed by atoms with Gasteiger partial charge in [0.05, 0.1) is 0 Å². The molecule has 0 saturated carbocycles. The van der Waals surface area contributed by atoms with Crippen LogP contribution < -0.4 is 15.3 Å². The molecule has 0 aliphatic carbocycles. The Kier molecular flexibility index (Phi) is 17.5. The predicted octanol–water partition coefficient (Wildman–Crippen LogP) is 2.29. The van der Waals surface area contributed by atoms with E-state index < -0.39 is 34.2 Å². The molecule has 0 spiro atoms. The first kappa shape index (κ1) is 37.9. The average Bonchev–Trinajstić information content (AvgIpc) is 2.72. The van der Waals surface area contributed by atoms with Gasteiger partial charge in [-0.2, -0.15) is 27.8 Å². The van der Waals surface area contributed by atoms with Crippen LogP contribution in [0.25, 0.3) is 0 Å². The summed E-state index contributed by atoms with van der Waals surface area (Å²) >= 11 is 0. The van der Waals surface area contributed by atoms with E-state index in [-0.39, 0.29) is 26.2 Å². The Hall–Kier alpha value is -1.36. The Bertz CT molecular complexity index is 601. The maximum absolute atomic E-state index is 9.91. The van der Waals surface area contributed by atoms with Gasteiger partial charge < -0.3 is 29.7 Å². The van der Waals surface area contributed by atoms with Crippen LogP contribution in [0.15, 0.2) is 0 Å². The van der Waals surface area contributed by atoms with E-state index in [1.165, 1.54) is 27.8 Å². The van der Waals surface area contributed by atoms with Crippen molar-refractivity contribution in [2.24, 2.45) is 16.2 Å². The van der Waals surface area contributed by atoms with Crippen LogP contribution >= 0.6 is 0 Å². The first-order valence-corrected chi connectivity index (χ1v) is 10.2. The van der Waals surface area contributed by atoms with Crippen molar-refractivity contribution in [2.45, 2.75) is 96.9 Å². The number of hydrogen-bond acceptors (Lipinski definition) is 6. The van der Waals surface area contributed by atoms with Crippen molar-refractivity contribution in [2.75, 3.05) is 0 Å². The van der Waals surface area contributed by atoms with Gasteiger partial charge in [0.15, 0.2) is 0 Å². The third-order valence-corrected chi connectivity index (χ3v) is 4.65. The fourth-order valence-electron chi connectivity index (χ4n) is 1.41. The quantitative estimate of drug-likeness (QED) is 0.476. The third kappa shape index (κ3) is 16.3. The van der Waals surface area contributed by atoms with E-state index in [9.17, 15) is 29.7 Å². The summed E-state index contributed by atoms with van der Waals surface area (Å²) in [4.78, 5) is 29.7. The van der Waals surface area contributed by atoms with Gasteiger partial charge >= 0.3 is 26.2 Å². The van der Waals surface area contributed by atoms with Crippen LogP contribution in [0.1, 0.15) is 90.1 Å². The molecule has 0 unspecified atom stereocenters. The van der Waals surface area contributed by atoms with E-state index in [2.05, 4.69) is 34.6 Å². The van der Waals surface area contributed by atoms with E-state index in [1.807, 2.05) is 0 Å². The molecule has 0 aromatic heterocycles. The Morgan fingerprint density at radius 3 is 0.719 bits per heavy atom. The number of carbonyl (C=O) groups is 3. The molecule has 32 heavy (non-hydrogen) atoms. The molecule has 7 heteroatoms. The molecular weight excluding hydrogens is 487 g/mol. The maximum Gasteiger partial charge on any atom is 4.00 e. The molecular formula is C25H42O6Zr. The van der Waals surface area contributed by atoms with Crippen LogP contribution in [0, 0.1) is 50.9 Å². The molecule has 0 saturated heterocycles. The van der Waals surface area contributed by atoms with Crippen LogP contribution in [0.2, 0.25) is 0 Å². The zero-order valence-corrected chi connectivity index (χ0v) is 24.9. The van der Waals surface area contributed by atoms with Gasteiger partial charge in [-0.25, -0.2) is 0 Å². The number of aliphatic carboxylic acids is 3. The standard InChI is InChI=1S/C10H15.3C5H10O2.Zr/c1-6-7(2)9(4)10(5)8(6)3;3*1-5(2,3)4(6)7;/h1-5H3;3*1-3H3,(H,6,7);/q-1;;;;+4/p-3. The molecule has 0 amide bonds. The van der Waals surface area contributed by atoms with E-state index >= 15 is 0 Å². The molecule has 0 heterocycles.